The molecule has 0 N–H and O–H groups in total. The Labute approximate surface area is 100 Å². The second-order valence-electron chi connectivity index (χ2n) is 5.17. The van der Waals surface area contributed by atoms with Gasteiger partial charge in [0.05, 0.1) is 0 Å². The Morgan fingerprint density at radius 2 is 2.06 bits per heavy atom. The number of nitrogens with zero attached hydrogens (tertiary/aromatic N) is 3. The molecule has 0 radical (unpaired) electrons. The van der Waals surface area contributed by atoms with Crippen molar-refractivity contribution in [3.8, 4) is 0 Å². The maximum Gasteiger partial charge on any atom is 0.329 e. The summed E-state index contributed by atoms with van der Waals surface area (Å²) in [5.41, 5.74) is -0.128. The van der Waals surface area contributed by atoms with Crippen LogP contribution in [0, 0.1) is 0 Å². The van der Waals surface area contributed by atoms with Gasteiger partial charge in [0.2, 0.25) is 0 Å². The van der Waals surface area contributed by atoms with Crippen molar-refractivity contribution in [2.24, 2.45) is 0 Å². The lowest BCUT2D eigenvalue weighted by atomic mass is 9.93. The Morgan fingerprint density at radius 1 is 1.35 bits per heavy atom. The van der Waals surface area contributed by atoms with Crippen molar-refractivity contribution < 1.29 is 14.1 Å². The maximum absolute atomic E-state index is 11.9. The zero-order valence-electron chi connectivity index (χ0n) is 10.6. The lowest BCUT2D eigenvalue weighted by Gasteiger charge is -2.31. The molecule has 0 atom stereocenters. The summed E-state index contributed by atoms with van der Waals surface area (Å²) in [6.07, 6.45) is 0. The molecule has 94 valence electrons. The molecule has 1 saturated heterocycles. The molecule has 2 amide bonds. The third-order valence-electron chi connectivity index (χ3n) is 2.58. The second-order valence-corrected chi connectivity index (χ2v) is 5.17. The molecule has 1 aliphatic heterocycles. The van der Waals surface area contributed by atoms with Crippen LogP contribution in [-0.2, 0) is 10.2 Å². The predicted molar refractivity (Wildman–Crippen MR) is 61.7 cm³/mol. The summed E-state index contributed by atoms with van der Waals surface area (Å²) in [7, 11) is 1.68. The van der Waals surface area contributed by atoms with Crippen LogP contribution in [0.2, 0.25) is 0 Å². The Balaban J connectivity index is 2.23. The molecule has 0 saturated carbocycles. The van der Waals surface area contributed by atoms with Gasteiger partial charge in [0, 0.05) is 18.5 Å². The van der Waals surface area contributed by atoms with E-state index in [9.17, 15) is 4.79 Å². The molecule has 0 bridgehead atoms. The standard InChI is InChI=1S/C11H17N3O3/c1-11(2,3)8-5-9(12-17-8)14-7-16-6-13(4)10(14)15/h5H,6-7H2,1-4H3. The van der Waals surface area contributed by atoms with E-state index in [4.69, 9.17) is 9.26 Å². The van der Waals surface area contributed by atoms with Crippen LogP contribution in [0.15, 0.2) is 10.6 Å². The van der Waals surface area contributed by atoms with Gasteiger partial charge in [-0.25, -0.2) is 4.79 Å². The Hall–Kier alpha value is -1.56. The van der Waals surface area contributed by atoms with Crippen molar-refractivity contribution in [3.05, 3.63) is 11.8 Å². The monoisotopic (exact) mass is 239 g/mol. The summed E-state index contributed by atoms with van der Waals surface area (Å²) >= 11 is 0. The molecule has 17 heavy (non-hydrogen) atoms. The first-order valence-electron chi connectivity index (χ1n) is 5.47. The van der Waals surface area contributed by atoms with Crippen LogP contribution in [0.4, 0.5) is 10.6 Å². The maximum atomic E-state index is 11.9. The van der Waals surface area contributed by atoms with Gasteiger partial charge >= 0.3 is 6.03 Å². The van der Waals surface area contributed by atoms with Gasteiger partial charge in [-0.2, -0.15) is 0 Å². The molecule has 6 nitrogen and oxygen atoms in total. The van der Waals surface area contributed by atoms with E-state index in [1.54, 1.807) is 13.1 Å². The van der Waals surface area contributed by atoms with E-state index in [1.165, 1.54) is 9.80 Å². The van der Waals surface area contributed by atoms with Crippen molar-refractivity contribution in [2.75, 3.05) is 25.4 Å². The predicted octanol–water partition coefficient (Wildman–Crippen LogP) is 1.78. The summed E-state index contributed by atoms with van der Waals surface area (Å²) in [6.45, 7) is 6.59. The highest BCUT2D eigenvalue weighted by atomic mass is 16.5. The number of hydrogen-bond acceptors (Lipinski definition) is 4. The lowest BCUT2D eigenvalue weighted by molar-refractivity contribution is 0.0355. The minimum Gasteiger partial charge on any atom is -0.359 e. The Morgan fingerprint density at radius 3 is 2.65 bits per heavy atom. The first-order valence-corrected chi connectivity index (χ1v) is 5.47. The highest BCUT2D eigenvalue weighted by Gasteiger charge is 2.29. The quantitative estimate of drug-likeness (QED) is 0.749. The van der Waals surface area contributed by atoms with Crippen molar-refractivity contribution in [1.29, 1.82) is 0 Å². The molecule has 0 spiro atoms. The van der Waals surface area contributed by atoms with E-state index in [1.807, 2.05) is 20.8 Å². The number of anilines is 1. The molecule has 2 rings (SSSR count). The molecule has 6 heteroatoms. The smallest absolute Gasteiger partial charge is 0.329 e. The van der Waals surface area contributed by atoms with Crippen molar-refractivity contribution in [3.63, 3.8) is 0 Å². The van der Waals surface area contributed by atoms with Crippen molar-refractivity contribution >= 4 is 11.8 Å². The van der Waals surface area contributed by atoms with Gasteiger partial charge in [-0.15, -0.1) is 0 Å². The van der Waals surface area contributed by atoms with Crippen LogP contribution in [0.3, 0.4) is 0 Å². The van der Waals surface area contributed by atoms with Crippen LogP contribution < -0.4 is 4.90 Å². The van der Waals surface area contributed by atoms with Crippen molar-refractivity contribution in [1.82, 2.24) is 10.1 Å². The van der Waals surface area contributed by atoms with Gasteiger partial charge in [-0.1, -0.05) is 25.9 Å². The molecular formula is C11H17N3O3. The Bertz CT molecular complexity index is 422. The fourth-order valence-corrected chi connectivity index (χ4v) is 1.50. The topological polar surface area (TPSA) is 58.8 Å². The highest BCUT2D eigenvalue weighted by Crippen LogP contribution is 2.27. The number of ether oxygens (including phenoxy) is 1. The van der Waals surface area contributed by atoms with Gasteiger partial charge in [0.1, 0.15) is 19.2 Å². The van der Waals surface area contributed by atoms with Crippen LogP contribution in [0.5, 0.6) is 0 Å². The molecule has 0 unspecified atom stereocenters. The van der Waals surface area contributed by atoms with Gasteiger partial charge in [0.25, 0.3) is 0 Å². The SMILES string of the molecule is CN1COCN(c2cc(C(C)(C)C)on2)C1=O. The number of carbonyl (C=O) groups is 1. The summed E-state index contributed by atoms with van der Waals surface area (Å²) in [5, 5.41) is 3.91. The van der Waals surface area contributed by atoms with Gasteiger partial charge in [-0.3, -0.25) is 4.90 Å². The van der Waals surface area contributed by atoms with E-state index < -0.39 is 0 Å². The highest BCUT2D eigenvalue weighted by molar-refractivity contribution is 5.90. The number of aromatic nitrogens is 1. The molecule has 0 aliphatic carbocycles. The lowest BCUT2D eigenvalue weighted by Crippen LogP contribution is -2.48. The number of hydrogen-bond donors (Lipinski definition) is 0. The largest absolute Gasteiger partial charge is 0.359 e. The number of carbonyl (C=O) groups excluding carboxylic acids is 1. The minimum absolute atomic E-state index is 0.128. The minimum atomic E-state index is -0.134. The van der Waals surface area contributed by atoms with Crippen LogP contribution in [-0.4, -0.2) is 36.6 Å². The first-order chi connectivity index (χ1) is 7.89. The fraction of sp³-hybridized carbons (Fsp3) is 0.636. The van der Waals surface area contributed by atoms with Crippen LogP contribution in [0.25, 0.3) is 0 Å². The molecule has 1 aliphatic rings. The van der Waals surface area contributed by atoms with E-state index >= 15 is 0 Å². The van der Waals surface area contributed by atoms with Crippen LogP contribution >= 0.6 is 0 Å². The normalized spacial score (nSPS) is 17.8. The van der Waals surface area contributed by atoms with E-state index in [-0.39, 0.29) is 18.2 Å². The molecular weight excluding hydrogens is 222 g/mol. The summed E-state index contributed by atoms with van der Waals surface area (Å²) < 4.78 is 10.5. The van der Waals surface area contributed by atoms with E-state index in [2.05, 4.69) is 5.16 Å². The average Bonchev–Trinajstić information content (AvgIpc) is 2.70. The summed E-state index contributed by atoms with van der Waals surface area (Å²) in [4.78, 5) is 14.8. The van der Waals surface area contributed by atoms with Gasteiger partial charge in [-0.05, 0) is 0 Å². The number of amides is 2. The molecule has 0 aromatic carbocycles. The zero-order valence-corrected chi connectivity index (χ0v) is 10.6. The average molecular weight is 239 g/mol. The van der Waals surface area contributed by atoms with E-state index in [0.717, 1.165) is 5.76 Å². The fourth-order valence-electron chi connectivity index (χ4n) is 1.50. The van der Waals surface area contributed by atoms with Crippen molar-refractivity contribution in [2.45, 2.75) is 26.2 Å². The number of rotatable bonds is 1. The first kappa shape index (κ1) is 11.9. The van der Waals surface area contributed by atoms with E-state index in [0.29, 0.717) is 12.5 Å². The molecule has 1 aromatic rings. The van der Waals surface area contributed by atoms with Crippen LogP contribution in [0.1, 0.15) is 26.5 Å². The Kier molecular flexibility index (Phi) is 2.82. The summed E-state index contributed by atoms with van der Waals surface area (Å²) in [6, 6.07) is 1.64. The molecule has 2 heterocycles. The zero-order chi connectivity index (χ0) is 12.6. The van der Waals surface area contributed by atoms with Gasteiger partial charge in [0.15, 0.2) is 5.82 Å². The summed E-state index contributed by atoms with van der Waals surface area (Å²) in [5.74, 6) is 1.24. The third-order valence-corrected chi connectivity index (χ3v) is 2.58. The molecule has 1 aromatic heterocycles. The molecule has 1 fully saturated rings. The third kappa shape index (κ3) is 2.26. The van der Waals surface area contributed by atoms with Gasteiger partial charge < -0.3 is 14.2 Å². The number of urea groups is 1. The second kappa shape index (κ2) is 4.03.